The van der Waals surface area contributed by atoms with Crippen molar-refractivity contribution in [1.82, 2.24) is 4.90 Å². The van der Waals surface area contributed by atoms with E-state index in [2.05, 4.69) is 15.9 Å². The molecule has 0 atom stereocenters. The summed E-state index contributed by atoms with van der Waals surface area (Å²) in [6.45, 7) is 1.86. The summed E-state index contributed by atoms with van der Waals surface area (Å²) in [6.07, 6.45) is -0.231. The van der Waals surface area contributed by atoms with E-state index < -0.39 is 0 Å². The Hall–Kier alpha value is -0.450. The standard InChI is InChI=1S/C10H11BrFNO/c11-8-1-2-10(12)7(3-8)4-13-5-9(14)6-13/h1-3,9,14H,4-6H2. The fourth-order valence-corrected chi connectivity index (χ4v) is 1.99. The Morgan fingerprint density at radius 2 is 2.21 bits per heavy atom. The molecule has 1 aliphatic heterocycles. The number of aliphatic hydroxyl groups is 1. The van der Waals surface area contributed by atoms with Gasteiger partial charge in [0, 0.05) is 29.7 Å². The Morgan fingerprint density at radius 3 is 2.86 bits per heavy atom. The molecule has 0 bridgehead atoms. The van der Waals surface area contributed by atoms with Crippen LogP contribution in [0.3, 0.4) is 0 Å². The van der Waals surface area contributed by atoms with Gasteiger partial charge in [-0.3, -0.25) is 4.90 Å². The zero-order valence-corrected chi connectivity index (χ0v) is 9.17. The molecule has 2 rings (SSSR count). The number of β-amino-alcohol motifs (C(OH)–C–C–N with tert-alkyl or cyclic N) is 1. The Morgan fingerprint density at radius 1 is 1.50 bits per heavy atom. The van der Waals surface area contributed by atoms with E-state index in [0.29, 0.717) is 25.2 Å². The van der Waals surface area contributed by atoms with Crippen molar-refractivity contribution in [1.29, 1.82) is 0 Å². The third-order valence-corrected chi connectivity index (χ3v) is 2.83. The van der Waals surface area contributed by atoms with Crippen LogP contribution in [0.1, 0.15) is 5.56 Å². The maximum absolute atomic E-state index is 13.3. The van der Waals surface area contributed by atoms with E-state index in [0.717, 1.165) is 4.47 Å². The fraction of sp³-hybridized carbons (Fsp3) is 0.400. The summed E-state index contributed by atoms with van der Waals surface area (Å²) in [5.74, 6) is -0.186. The predicted octanol–water partition coefficient (Wildman–Crippen LogP) is 1.76. The van der Waals surface area contributed by atoms with Crippen molar-refractivity contribution >= 4 is 15.9 Å². The molecule has 1 N–H and O–H groups in total. The zero-order chi connectivity index (χ0) is 10.1. The molecule has 76 valence electrons. The number of halogens is 2. The van der Waals surface area contributed by atoms with E-state index in [9.17, 15) is 4.39 Å². The number of rotatable bonds is 2. The summed E-state index contributed by atoms with van der Waals surface area (Å²) in [5, 5.41) is 9.08. The van der Waals surface area contributed by atoms with Crippen LogP contribution in [0, 0.1) is 5.82 Å². The molecule has 0 radical (unpaired) electrons. The number of benzene rings is 1. The highest BCUT2D eigenvalue weighted by Gasteiger charge is 2.24. The molecule has 0 spiro atoms. The van der Waals surface area contributed by atoms with Crippen LogP contribution >= 0.6 is 15.9 Å². The number of hydrogen-bond acceptors (Lipinski definition) is 2. The van der Waals surface area contributed by atoms with Gasteiger partial charge in [0.1, 0.15) is 5.82 Å². The van der Waals surface area contributed by atoms with Crippen molar-refractivity contribution in [3.05, 3.63) is 34.1 Å². The van der Waals surface area contributed by atoms with Gasteiger partial charge in [-0.1, -0.05) is 15.9 Å². The van der Waals surface area contributed by atoms with Crippen molar-refractivity contribution in [2.75, 3.05) is 13.1 Å². The molecule has 1 heterocycles. The summed E-state index contributed by atoms with van der Waals surface area (Å²) in [5.41, 5.74) is 0.672. The predicted molar refractivity (Wildman–Crippen MR) is 55.4 cm³/mol. The van der Waals surface area contributed by atoms with Gasteiger partial charge < -0.3 is 5.11 Å². The molecule has 0 unspecified atom stereocenters. The quantitative estimate of drug-likeness (QED) is 0.875. The minimum Gasteiger partial charge on any atom is -0.390 e. The molecular weight excluding hydrogens is 249 g/mol. The first kappa shape index (κ1) is 10.1. The lowest BCUT2D eigenvalue weighted by Crippen LogP contribution is -2.49. The highest BCUT2D eigenvalue weighted by atomic mass is 79.9. The summed E-state index contributed by atoms with van der Waals surface area (Å²) < 4.78 is 14.2. The third kappa shape index (κ3) is 2.13. The molecule has 1 aromatic carbocycles. The first-order valence-electron chi connectivity index (χ1n) is 4.49. The van der Waals surface area contributed by atoms with Crippen LogP contribution in [0.5, 0.6) is 0 Å². The first-order valence-corrected chi connectivity index (χ1v) is 5.29. The highest BCUT2D eigenvalue weighted by Crippen LogP contribution is 2.19. The van der Waals surface area contributed by atoms with E-state index in [4.69, 9.17) is 5.11 Å². The second-order valence-corrected chi connectivity index (χ2v) is 4.50. The lowest BCUT2D eigenvalue weighted by atomic mass is 10.1. The molecule has 1 aliphatic rings. The average Bonchev–Trinajstić information content (AvgIpc) is 2.09. The van der Waals surface area contributed by atoms with Crippen LogP contribution in [0.25, 0.3) is 0 Å². The van der Waals surface area contributed by atoms with Crippen molar-refractivity contribution in [2.45, 2.75) is 12.6 Å². The van der Waals surface area contributed by atoms with E-state index in [1.54, 1.807) is 12.1 Å². The number of likely N-dealkylation sites (tertiary alicyclic amines) is 1. The van der Waals surface area contributed by atoms with Gasteiger partial charge in [-0.2, -0.15) is 0 Å². The monoisotopic (exact) mass is 259 g/mol. The number of hydrogen-bond donors (Lipinski definition) is 1. The van der Waals surface area contributed by atoms with Gasteiger partial charge in [-0.05, 0) is 18.2 Å². The van der Waals surface area contributed by atoms with Crippen LogP contribution < -0.4 is 0 Å². The Labute approximate surface area is 90.5 Å². The summed E-state index contributed by atoms with van der Waals surface area (Å²) >= 11 is 3.30. The normalized spacial score (nSPS) is 18.2. The highest BCUT2D eigenvalue weighted by molar-refractivity contribution is 9.10. The Bertz CT molecular complexity index is 339. The topological polar surface area (TPSA) is 23.5 Å². The molecular formula is C10H11BrFNO. The minimum absolute atomic E-state index is 0.186. The molecule has 0 aliphatic carbocycles. The molecule has 0 aromatic heterocycles. The molecule has 2 nitrogen and oxygen atoms in total. The van der Waals surface area contributed by atoms with Crippen LogP contribution in [-0.2, 0) is 6.54 Å². The van der Waals surface area contributed by atoms with Crippen molar-refractivity contribution in [3.8, 4) is 0 Å². The summed E-state index contributed by atoms with van der Waals surface area (Å²) in [7, 11) is 0. The van der Waals surface area contributed by atoms with Crippen LogP contribution in [0.15, 0.2) is 22.7 Å². The zero-order valence-electron chi connectivity index (χ0n) is 7.58. The van der Waals surface area contributed by atoms with E-state index in [-0.39, 0.29) is 11.9 Å². The molecule has 1 aromatic rings. The molecule has 4 heteroatoms. The van der Waals surface area contributed by atoms with Crippen molar-refractivity contribution < 1.29 is 9.50 Å². The number of aliphatic hydroxyl groups excluding tert-OH is 1. The van der Waals surface area contributed by atoms with E-state index in [1.165, 1.54) is 6.07 Å². The number of nitrogens with zero attached hydrogens (tertiary/aromatic N) is 1. The first-order chi connectivity index (χ1) is 6.65. The Kier molecular flexibility index (Phi) is 2.85. The van der Waals surface area contributed by atoms with Crippen molar-refractivity contribution in [2.24, 2.45) is 0 Å². The van der Waals surface area contributed by atoms with Gasteiger partial charge in [-0.25, -0.2) is 4.39 Å². The van der Waals surface area contributed by atoms with E-state index >= 15 is 0 Å². The second kappa shape index (κ2) is 3.96. The van der Waals surface area contributed by atoms with E-state index in [1.807, 2.05) is 4.90 Å². The maximum Gasteiger partial charge on any atom is 0.127 e. The van der Waals surface area contributed by atoms with Crippen molar-refractivity contribution in [3.63, 3.8) is 0 Å². The summed E-state index contributed by atoms with van der Waals surface area (Å²) in [4.78, 5) is 2.01. The lowest BCUT2D eigenvalue weighted by Gasteiger charge is -2.35. The molecule has 1 fully saturated rings. The largest absolute Gasteiger partial charge is 0.390 e. The fourth-order valence-electron chi connectivity index (χ4n) is 1.58. The van der Waals surface area contributed by atoms with Gasteiger partial charge in [0.25, 0.3) is 0 Å². The van der Waals surface area contributed by atoms with Gasteiger partial charge in [0.15, 0.2) is 0 Å². The van der Waals surface area contributed by atoms with Crippen LogP contribution in [-0.4, -0.2) is 29.2 Å². The maximum atomic E-state index is 13.3. The van der Waals surface area contributed by atoms with Gasteiger partial charge in [0.05, 0.1) is 6.10 Å². The minimum atomic E-state index is -0.231. The molecule has 0 saturated carbocycles. The molecule has 1 saturated heterocycles. The SMILES string of the molecule is OC1CN(Cc2cc(Br)ccc2F)C1. The lowest BCUT2D eigenvalue weighted by molar-refractivity contribution is -0.00343. The Balaban J connectivity index is 2.05. The second-order valence-electron chi connectivity index (χ2n) is 3.58. The van der Waals surface area contributed by atoms with Gasteiger partial charge in [0.2, 0.25) is 0 Å². The van der Waals surface area contributed by atoms with Crippen LogP contribution in [0.2, 0.25) is 0 Å². The van der Waals surface area contributed by atoms with Crippen LogP contribution in [0.4, 0.5) is 4.39 Å². The third-order valence-electron chi connectivity index (χ3n) is 2.34. The molecule has 14 heavy (non-hydrogen) atoms. The summed E-state index contributed by atoms with van der Waals surface area (Å²) in [6, 6.07) is 4.92. The average molecular weight is 260 g/mol. The van der Waals surface area contributed by atoms with Gasteiger partial charge >= 0.3 is 0 Å². The smallest absolute Gasteiger partial charge is 0.127 e. The van der Waals surface area contributed by atoms with Gasteiger partial charge in [-0.15, -0.1) is 0 Å². The molecule has 0 amide bonds.